The zero-order chi connectivity index (χ0) is 15.2. The maximum Gasteiger partial charge on any atom is 0.340 e. The maximum atomic E-state index is 12.3. The highest BCUT2D eigenvalue weighted by molar-refractivity contribution is 6.01. The Morgan fingerprint density at radius 3 is 2.81 bits per heavy atom. The van der Waals surface area contributed by atoms with Crippen LogP contribution in [-0.4, -0.2) is 24.5 Å². The topological polar surface area (TPSA) is 81.4 Å². The molecule has 5 heteroatoms. The summed E-state index contributed by atoms with van der Waals surface area (Å²) in [6.07, 6.45) is 3.50. The second-order valence-electron chi connectivity index (χ2n) is 5.38. The molecule has 2 unspecified atom stereocenters. The summed E-state index contributed by atoms with van der Waals surface area (Å²) in [5.41, 5.74) is 6.80. The normalized spacial score (nSPS) is 21.6. The molecule has 0 saturated heterocycles. The van der Waals surface area contributed by atoms with E-state index in [2.05, 4.69) is 5.32 Å². The quantitative estimate of drug-likeness (QED) is 0.834. The Kier molecular flexibility index (Phi) is 5.33. The van der Waals surface area contributed by atoms with Gasteiger partial charge in [-0.25, -0.2) is 4.79 Å². The highest BCUT2D eigenvalue weighted by Crippen LogP contribution is 2.25. The number of hydrogen-bond acceptors (Lipinski definition) is 4. The molecule has 1 fully saturated rings. The van der Waals surface area contributed by atoms with Crippen LogP contribution < -0.4 is 11.1 Å². The van der Waals surface area contributed by atoms with Crippen LogP contribution in [0.15, 0.2) is 24.3 Å². The van der Waals surface area contributed by atoms with Crippen molar-refractivity contribution in [3.8, 4) is 0 Å². The van der Waals surface area contributed by atoms with Gasteiger partial charge in [-0.1, -0.05) is 18.6 Å². The van der Waals surface area contributed by atoms with Crippen molar-refractivity contribution in [1.29, 1.82) is 0 Å². The minimum atomic E-state index is -0.422. The molecule has 1 aromatic rings. The van der Waals surface area contributed by atoms with Crippen molar-refractivity contribution in [2.45, 2.75) is 38.6 Å². The Bertz CT molecular complexity index is 516. The van der Waals surface area contributed by atoms with Crippen LogP contribution in [0.1, 0.15) is 43.0 Å². The highest BCUT2D eigenvalue weighted by Gasteiger charge is 2.26. The molecule has 0 radical (unpaired) electrons. The van der Waals surface area contributed by atoms with E-state index in [0.717, 1.165) is 19.3 Å². The molecule has 21 heavy (non-hydrogen) atoms. The molecule has 2 atom stereocenters. The summed E-state index contributed by atoms with van der Waals surface area (Å²) in [5, 5.41) is 2.84. The van der Waals surface area contributed by atoms with Crippen LogP contribution in [0.2, 0.25) is 0 Å². The lowest BCUT2D eigenvalue weighted by atomic mass is 9.85. The van der Waals surface area contributed by atoms with Crippen molar-refractivity contribution < 1.29 is 14.3 Å². The van der Waals surface area contributed by atoms with E-state index in [4.69, 9.17) is 10.5 Å². The minimum Gasteiger partial charge on any atom is -0.462 e. The Labute approximate surface area is 124 Å². The first-order valence-electron chi connectivity index (χ1n) is 7.44. The van der Waals surface area contributed by atoms with E-state index in [9.17, 15) is 9.59 Å². The Balaban J connectivity index is 2.08. The summed E-state index contributed by atoms with van der Waals surface area (Å²) in [4.78, 5) is 24.2. The van der Waals surface area contributed by atoms with E-state index in [1.807, 2.05) is 0 Å². The largest absolute Gasteiger partial charge is 0.462 e. The number of carbonyl (C=O) groups excluding carboxylic acids is 2. The van der Waals surface area contributed by atoms with E-state index < -0.39 is 5.97 Å². The van der Waals surface area contributed by atoms with Crippen LogP contribution in [0.5, 0.6) is 0 Å². The standard InChI is InChI=1S/C16H22N2O3/c1-2-21-16(20)13-8-3-4-9-14(13)18-15(19)11-6-5-7-12(17)10-11/h3-4,8-9,11-12H,2,5-7,10,17H2,1H3,(H,18,19). The van der Waals surface area contributed by atoms with Crippen molar-refractivity contribution in [2.75, 3.05) is 11.9 Å². The first-order chi connectivity index (χ1) is 10.1. The second-order valence-corrected chi connectivity index (χ2v) is 5.38. The third-order valence-corrected chi connectivity index (χ3v) is 3.77. The molecule has 0 aliphatic heterocycles. The highest BCUT2D eigenvalue weighted by atomic mass is 16.5. The predicted molar refractivity (Wildman–Crippen MR) is 81.0 cm³/mol. The van der Waals surface area contributed by atoms with Crippen molar-refractivity contribution in [3.63, 3.8) is 0 Å². The number of nitrogens with one attached hydrogen (secondary N) is 1. The van der Waals surface area contributed by atoms with Crippen LogP contribution in [0.3, 0.4) is 0 Å². The lowest BCUT2D eigenvalue weighted by molar-refractivity contribution is -0.120. The molecular weight excluding hydrogens is 268 g/mol. The van der Waals surface area contributed by atoms with Gasteiger partial charge in [0.1, 0.15) is 0 Å². The van der Waals surface area contributed by atoms with Crippen LogP contribution in [0.4, 0.5) is 5.69 Å². The van der Waals surface area contributed by atoms with Gasteiger partial charge in [0, 0.05) is 12.0 Å². The van der Waals surface area contributed by atoms with Gasteiger partial charge >= 0.3 is 5.97 Å². The summed E-state index contributed by atoms with van der Waals surface area (Å²) in [7, 11) is 0. The number of para-hydroxylation sites is 1. The molecule has 114 valence electrons. The van der Waals surface area contributed by atoms with Gasteiger partial charge in [0.25, 0.3) is 0 Å². The van der Waals surface area contributed by atoms with E-state index in [0.29, 0.717) is 24.3 Å². The number of esters is 1. The fourth-order valence-electron chi connectivity index (χ4n) is 2.68. The van der Waals surface area contributed by atoms with Crippen molar-refractivity contribution in [1.82, 2.24) is 0 Å². The molecule has 0 spiro atoms. The Morgan fingerprint density at radius 2 is 2.10 bits per heavy atom. The minimum absolute atomic E-state index is 0.0677. The lowest BCUT2D eigenvalue weighted by Crippen LogP contribution is -2.34. The number of amides is 1. The smallest absolute Gasteiger partial charge is 0.340 e. The third-order valence-electron chi connectivity index (χ3n) is 3.77. The Morgan fingerprint density at radius 1 is 1.33 bits per heavy atom. The molecule has 1 aliphatic carbocycles. The molecule has 0 bridgehead atoms. The maximum absolute atomic E-state index is 12.3. The van der Waals surface area contributed by atoms with E-state index in [1.54, 1.807) is 31.2 Å². The van der Waals surface area contributed by atoms with Gasteiger partial charge in [0.2, 0.25) is 5.91 Å². The van der Waals surface area contributed by atoms with E-state index >= 15 is 0 Å². The number of nitrogens with two attached hydrogens (primary N) is 1. The summed E-state index contributed by atoms with van der Waals surface area (Å²) < 4.78 is 5.00. The fraction of sp³-hybridized carbons (Fsp3) is 0.500. The molecule has 2 rings (SSSR count). The number of hydrogen-bond donors (Lipinski definition) is 2. The fourth-order valence-corrected chi connectivity index (χ4v) is 2.68. The monoisotopic (exact) mass is 290 g/mol. The van der Waals surface area contributed by atoms with E-state index in [-0.39, 0.29) is 17.9 Å². The molecule has 0 heterocycles. The van der Waals surface area contributed by atoms with Crippen LogP contribution in [0, 0.1) is 5.92 Å². The number of benzene rings is 1. The van der Waals surface area contributed by atoms with Crippen molar-refractivity contribution >= 4 is 17.6 Å². The molecule has 1 amide bonds. The lowest BCUT2D eigenvalue weighted by Gasteiger charge is -2.25. The first-order valence-corrected chi connectivity index (χ1v) is 7.44. The van der Waals surface area contributed by atoms with Crippen molar-refractivity contribution in [3.05, 3.63) is 29.8 Å². The molecule has 1 aliphatic rings. The van der Waals surface area contributed by atoms with Crippen molar-refractivity contribution in [2.24, 2.45) is 11.7 Å². The first kappa shape index (κ1) is 15.5. The van der Waals surface area contributed by atoms with Gasteiger partial charge in [-0.3, -0.25) is 4.79 Å². The van der Waals surface area contributed by atoms with Gasteiger partial charge < -0.3 is 15.8 Å². The zero-order valence-corrected chi connectivity index (χ0v) is 12.3. The summed E-state index contributed by atoms with van der Waals surface area (Å²) in [6.45, 7) is 2.06. The van der Waals surface area contributed by atoms with Crippen LogP contribution in [0.25, 0.3) is 0 Å². The number of anilines is 1. The Hall–Kier alpha value is -1.88. The zero-order valence-electron chi connectivity index (χ0n) is 12.3. The number of carbonyl (C=O) groups is 2. The molecule has 0 aromatic heterocycles. The van der Waals surface area contributed by atoms with Crippen LogP contribution >= 0.6 is 0 Å². The average molecular weight is 290 g/mol. The van der Waals surface area contributed by atoms with Gasteiger partial charge in [-0.15, -0.1) is 0 Å². The van der Waals surface area contributed by atoms with Gasteiger partial charge in [-0.05, 0) is 38.3 Å². The van der Waals surface area contributed by atoms with Crippen LogP contribution in [-0.2, 0) is 9.53 Å². The summed E-state index contributed by atoms with van der Waals surface area (Å²) >= 11 is 0. The summed E-state index contributed by atoms with van der Waals surface area (Å²) in [5.74, 6) is -0.570. The molecule has 3 N–H and O–H groups in total. The van der Waals surface area contributed by atoms with Gasteiger partial charge in [0.05, 0.1) is 17.9 Å². The molecule has 5 nitrogen and oxygen atoms in total. The molecule has 1 aromatic carbocycles. The van der Waals surface area contributed by atoms with Gasteiger partial charge in [0.15, 0.2) is 0 Å². The molecular formula is C16H22N2O3. The molecule has 1 saturated carbocycles. The second kappa shape index (κ2) is 7.22. The number of ether oxygens (including phenoxy) is 1. The SMILES string of the molecule is CCOC(=O)c1ccccc1NC(=O)C1CCCC(N)C1. The van der Waals surface area contributed by atoms with E-state index in [1.165, 1.54) is 0 Å². The third kappa shape index (κ3) is 4.04. The summed E-state index contributed by atoms with van der Waals surface area (Å²) in [6, 6.07) is 6.99. The number of rotatable bonds is 4. The predicted octanol–water partition coefficient (Wildman–Crippen LogP) is 2.32. The average Bonchev–Trinajstić information content (AvgIpc) is 2.48. The van der Waals surface area contributed by atoms with Gasteiger partial charge in [-0.2, -0.15) is 0 Å².